The fourth-order valence-electron chi connectivity index (χ4n) is 4.05. The number of amides is 1. The van der Waals surface area contributed by atoms with Gasteiger partial charge in [-0.15, -0.1) is 11.8 Å². The van der Waals surface area contributed by atoms with Gasteiger partial charge >= 0.3 is 5.97 Å². The lowest BCUT2D eigenvalue weighted by Gasteiger charge is -2.32. The highest BCUT2D eigenvalue weighted by atomic mass is 32.2. The number of ether oxygens (including phenoxy) is 1. The molecule has 6 nitrogen and oxygen atoms in total. The van der Waals surface area contributed by atoms with Gasteiger partial charge in [0.25, 0.3) is 5.91 Å². The number of carbonyl (C=O) groups excluding carboxylic acids is 2. The maximum atomic E-state index is 13.6. The monoisotopic (exact) mass is 449 g/mol. The molecule has 3 aromatic rings. The van der Waals surface area contributed by atoms with Gasteiger partial charge in [0.15, 0.2) is 0 Å². The molecule has 0 bridgehead atoms. The van der Waals surface area contributed by atoms with Crippen LogP contribution in [0.5, 0.6) is 0 Å². The molecule has 1 aromatic heterocycles. The number of anilines is 2. The van der Waals surface area contributed by atoms with Crippen molar-refractivity contribution >= 4 is 46.0 Å². The van der Waals surface area contributed by atoms with Crippen molar-refractivity contribution in [2.45, 2.75) is 24.7 Å². The van der Waals surface area contributed by atoms with Gasteiger partial charge < -0.3 is 15.0 Å². The third-order valence-corrected chi connectivity index (χ3v) is 6.34. The van der Waals surface area contributed by atoms with E-state index in [1.165, 1.54) is 0 Å². The summed E-state index contributed by atoms with van der Waals surface area (Å²) in [6, 6.07) is 17.5. The van der Waals surface area contributed by atoms with Crippen LogP contribution in [0.3, 0.4) is 0 Å². The lowest BCUT2D eigenvalue weighted by atomic mass is 9.97. The molecule has 166 valence electrons. The second-order valence-electron chi connectivity index (χ2n) is 7.77. The van der Waals surface area contributed by atoms with Crippen LogP contribution in [0.1, 0.15) is 30.1 Å². The van der Waals surface area contributed by atoms with Crippen LogP contribution in [0.25, 0.3) is 10.9 Å². The van der Waals surface area contributed by atoms with E-state index in [1.807, 2.05) is 48.7 Å². The van der Waals surface area contributed by atoms with Gasteiger partial charge in [0.05, 0.1) is 23.6 Å². The number of aromatic nitrogens is 1. The third kappa shape index (κ3) is 4.88. The molecule has 2 aromatic carbocycles. The van der Waals surface area contributed by atoms with Crippen LogP contribution in [0.15, 0.2) is 59.5 Å². The number of para-hydroxylation sites is 1. The Bertz CT molecular complexity index is 1130. The number of pyridine rings is 1. The van der Waals surface area contributed by atoms with Crippen molar-refractivity contribution in [1.29, 1.82) is 0 Å². The number of hydrogen-bond donors (Lipinski definition) is 1. The van der Waals surface area contributed by atoms with Crippen LogP contribution < -0.4 is 5.32 Å². The predicted octanol–water partition coefficient (Wildman–Crippen LogP) is 5.12. The highest BCUT2D eigenvalue weighted by molar-refractivity contribution is 7.98. The zero-order chi connectivity index (χ0) is 22.5. The van der Waals surface area contributed by atoms with Crippen LogP contribution in [-0.4, -0.2) is 47.7 Å². The van der Waals surface area contributed by atoms with E-state index in [0.717, 1.165) is 34.3 Å². The smallest absolute Gasteiger partial charge is 0.310 e. The molecule has 1 N–H and O–H groups in total. The number of hydrogen-bond acceptors (Lipinski definition) is 6. The Morgan fingerprint density at radius 1 is 1.19 bits per heavy atom. The first-order chi connectivity index (χ1) is 15.6. The second-order valence-corrected chi connectivity index (χ2v) is 8.65. The van der Waals surface area contributed by atoms with Gasteiger partial charge in [0.1, 0.15) is 5.82 Å². The van der Waals surface area contributed by atoms with E-state index < -0.39 is 0 Å². The van der Waals surface area contributed by atoms with Crippen LogP contribution in [0.4, 0.5) is 11.5 Å². The molecule has 1 saturated heterocycles. The van der Waals surface area contributed by atoms with Crippen molar-refractivity contribution in [1.82, 2.24) is 9.88 Å². The summed E-state index contributed by atoms with van der Waals surface area (Å²) >= 11 is 1.67. The minimum atomic E-state index is -0.271. The van der Waals surface area contributed by atoms with Crippen LogP contribution in [-0.2, 0) is 9.53 Å². The topological polar surface area (TPSA) is 71.5 Å². The molecule has 0 unspecified atom stereocenters. The van der Waals surface area contributed by atoms with Gasteiger partial charge in [-0.1, -0.05) is 24.3 Å². The molecule has 0 radical (unpaired) electrons. The Labute approximate surface area is 192 Å². The number of rotatable bonds is 6. The van der Waals surface area contributed by atoms with Crippen LogP contribution in [0.2, 0.25) is 0 Å². The molecule has 1 amide bonds. The summed E-state index contributed by atoms with van der Waals surface area (Å²) in [7, 11) is 0. The highest BCUT2D eigenvalue weighted by Crippen LogP contribution is 2.28. The van der Waals surface area contributed by atoms with Gasteiger partial charge in [-0.2, -0.15) is 0 Å². The summed E-state index contributed by atoms with van der Waals surface area (Å²) in [5.41, 5.74) is 2.25. The summed E-state index contributed by atoms with van der Waals surface area (Å²) in [5, 5.41) is 4.15. The van der Waals surface area contributed by atoms with Gasteiger partial charge in [-0.05, 0) is 56.4 Å². The summed E-state index contributed by atoms with van der Waals surface area (Å²) in [6.45, 7) is 3.16. The molecule has 1 aliphatic heterocycles. The summed E-state index contributed by atoms with van der Waals surface area (Å²) in [5.74, 6) is 0.0380. The van der Waals surface area contributed by atoms with E-state index in [9.17, 15) is 9.59 Å². The molecule has 7 heteroatoms. The number of esters is 1. The van der Waals surface area contributed by atoms with E-state index in [1.54, 1.807) is 23.6 Å². The molecular weight excluding hydrogens is 422 g/mol. The van der Waals surface area contributed by atoms with Gasteiger partial charge in [-0.25, -0.2) is 4.98 Å². The summed E-state index contributed by atoms with van der Waals surface area (Å²) in [4.78, 5) is 33.4. The normalized spacial score (nSPS) is 16.1. The van der Waals surface area contributed by atoms with Gasteiger partial charge in [-0.3, -0.25) is 9.59 Å². The summed E-state index contributed by atoms with van der Waals surface area (Å²) < 4.78 is 5.19. The maximum Gasteiger partial charge on any atom is 0.310 e. The number of fused-ring (bicyclic) bond motifs is 1. The average Bonchev–Trinajstić information content (AvgIpc) is 2.83. The van der Waals surface area contributed by atoms with E-state index in [4.69, 9.17) is 9.72 Å². The molecule has 0 saturated carbocycles. The zero-order valence-electron chi connectivity index (χ0n) is 18.3. The number of nitrogens with one attached hydrogen (secondary N) is 1. The first-order valence-electron chi connectivity index (χ1n) is 10.9. The largest absolute Gasteiger partial charge is 0.466 e. The van der Waals surface area contributed by atoms with Crippen molar-refractivity contribution in [2.24, 2.45) is 5.92 Å². The van der Waals surface area contributed by atoms with Crippen molar-refractivity contribution in [3.8, 4) is 0 Å². The number of carbonyl (C=O) groups is 2. The molecule has 1 atom stereocenters. The van der Waals surface area contributed by atoms with E-state index in [0.29, 0.717) is 31.1 Å². The Kier molecular flexibility index (Phi) is 6.95. The van der Waals surface area contributed by atoms with Crippen molar-refractivity contribution in [3.05, 3.63) is 60.2 Å². The number of likely N-dealkylation sites (tertiary alicyclic amines) is 1. The minimum Gasteiger partial charge on any atom is -0.466 e. The standard InChI is InChI=1S/C25H27N3O3S/c1-3-31-25(30)17-8-7-13-28(16-17)24(29)21-15-23(27-22-12-5-4-11-20(21)22)26-18-9-6-10-19(14-18)32-2/h4-6,9-12,14-15,17H,3,7-8,13,16H2,1-2H3,(H,26,27)/t17-/m0/s1. The lowest BCUT2D eigenvalue weighted by molar-refractivity contribution is -0.149. The quantitative estimate of drug-likeness (QED) is 0.416. The first kappa shape index (κ1) is 22.1. The Balaban J connectivity index is 1.65. The second kappa shape index (κ2) is 10.0. The fourth-order valence-corrected chi connectivity index (χ4v) is 4.51. The molecule has 0 aliphatic carbocycles. The minimum absolute atomic E-state index is 0.0847. The van der Waals surface area contributed by atoms with Gasteiger partial charge in [0, 0.05) is 29.1 Å². The van der Waals surface area contributed by atoms with E-state index in [-0.39, 0.29) is 17.8 Å². The Morgan fingerprint density at radius 2 is 2.03 bits per heavy atom. The highest BCUT2D eigenvalue weighted by Gasteiger charge is 2.30. The predicted molar refractivity (Wildman–Crippen MR) is 129 cm³/mol. The van der Waals surface area contributed by atoms with E-state index in [2.05, 4.69) is 17.4 Å². The molecule has 1 fully saturated rings. The number of thioether (sulfide) groups is 1. The average molecular weight is 450 g/mol. The number of nitrogens with zero attached hydrogens (tertiary/aromatic N) is 2. The number of benzene rings is 2. The first-order valence-corrected chi connectivity index (χ1v) is 12.1. The number of piperidine rings is 1. The van der Waals surface area contributed by atoms with Crippen LogP contribution >= 0.6 is 11.8 Å². The molecular formula is C25H27N3O3S. The van der Waals surface area contributed by atoms with Crippen molar-refractivity contribution < 1.29 is 14.3 Å². The fraction of sp³-hybridized carbons (Fsp3) is 0.320. The molecule has 32 heavy (non-hydrogen) atoms. The lowest BCUT2D eigenvalue weighted by Crippen LogP contribution is -2.42. The zero-order valence-corrected chi connectivity index (χ0v) is 19.2. The SMILES string of the molecule is CCOC(=O)[C@H]1CCCN(C(=O)c2cc(Nc3cccc(SC)c3)nc3ccccc23)C1. The third-order valence-electron chi connectivity index (χ3n) is 5.62. The molecule has 4 rings (SSSR count). The van der Waals surface area contributed by atoms with Crippen molar-refractivity contribution in [2.75, 3.05) is 31.3 Å². The molecule has 2 heterocycles. The Morgan fingerprint density at radius 3 is 2.84 bits per heavy atom. The molecule has 1 aliphatic rings. The van der Waals surface area contributed by atoms with Crippen molar-refractivity contribution in [3.63, 3.8) is 0 Å². The maximum absolute atomic E-state index is 13.6. The molecule has 0 spiro atoms. The van der Waals surface area contributed by atoms with Gasteiger partial charge in [0.2, 0.25) is 0 Å². The van der Waals surface area contributed by atoms with E-state index >= 15 is 0 Å². The Hall–Kier alpha value is -3.06. The summed E-state index contributed by atoms with van der Waals surface area (Å²) in [6.07, 6.45) is 3.56. The van der Waals surface area contributed by atoms with Crippen LogP contribution in [0, 0.1) is 5.92 Å².